The Labute approximate surface area is 107 Å². The first-order chi connectivity index (χ1) is 9.08. The van der Waals surface area contributed by atoms with Gasteiger partial charge in [-0.1, -0.05) is 0 Å². The van der Waals surface area contributed by atoms with Gasteiger partial charge in [0, 0.05) is 19.2 Å². The van der Waals surface area contributed by atoms with Crippen LogP contribution in [-0.2, 0) is 7.05 Å². The van der Waals surface area contributed by atoms with E-state index in [-0.39, 0.29) is 29.4 Å². The summed E-state index contributed by atoms with van der Waals surface area (Å²) in [6.07, 6.45) is 0. The molecule has 1 aliphatic rings. The van der Waals surface area contributed by atoms with E-state index in [1.54, 1.807) is 7.05 Å². The first-order valence-electron chi connectivity index (χ1n) is 5.65. The van der Waals surface area contributed by atoms with Crippen LogP contribution in [0, 0.1) is 11.6 Å². The van der Waals surface area contributed by atoms with Gasteiger partial charge in [-0.05, 0) is 0 Å². The molecule has 1 aromatic heterocycles. The molecule has 0 unspecified atom stereocenters. The SMILES string of the molecule is Cn1nc(-c2c(F)c(F)cc3c2OCCO3)cc1N. The first-order valence-corrected chi connectivity index (χ1v) is 5.65. The van der Waals surface area contributed by atoms with Gasteiger partial charge in [-0.2, -0.15) is 5.10 Å². The van der Waals surface area contributed by atoms with E-state index in [1.165, 1.54) is 10.7 Å². The topological polar surface area (TPSA) is 62.3 Å². The van der Waals surface area contributed by atoms with E-state index in [0.29, 0.717) is 12.4 Å². The number of fused-ring (bicyclic) bond motifs is 1. The van der Waals surface area contributed by atoms with Crippen LogP contribution in [0.1, 0.15) is 0 Å². The van der Waals surface area contributed by atoms with Crippen LogP contribution < -0.4 is 15.2 Å². The molecule has 0 amide bonds. The van der Waals surface area contributed by atoms with E-state index >= 15 is 0 Å². The number of nitrogens with zero attached hydrogens (tertiary/aromatic N) is 2. The van der Waals surface area contributed by atoms with Crippen LogP contribution in [0.15, 0.2) is 12.1 Å². The lowest BCUT2D eigenvalue weighted by molar-refractivity contribution is 0.170. The second kappa shape index (κ2) is 4.11. The Morgan fingerprint density at radius 3 is 2.68 bits per heavy atom. The van der Waals surface area contributed by atoms with Gasteiger partial charge < -0.3 is 15.2 Å². The van der Waals surface area contributed by atoms with Gasteiger partial charge in [-0.25, -0.2) is 8.78 Å². The lowest BCUT2D eigenvalue weighted by Crippen LogP contribution is -2.17. The summed E-state index contributed by atoms with van der Waals surface area (Å²) in [6.45, 7) is 0.565. The number of aryl methyl sites for hydroxylation is 1. The highest BCUT2D eigenvalue weighted by atomic mass is 19.2. The zero-order valence-corrected chi connectivity index (χ0v) is 10.1. The Kier molecular flexibility index (Phi) is 2.55. The monoisotopic (exact) mass is 267 g/mol. The maximum Gasteiger partial charge on any atom is 0.173 e. The molecule has 100 valence electrons. The molecule has 2 aromatic rings. The van der Waals surface area contributed by atoms with Crippen molar-refractivity contribution in [2.24, 2.45) is 7.05 Å². The Balaban J connectivity index is 2.26. The summed E-state index contributed by atoms with van der Waals surface area (Å²) in [5.41, 5.74) is 5.79. The quantitative estimate of drug-likeness (QED) is 0.854. The van der Waals surface area contributed by atoms with Gasteiger partial charge in [-0.15, -0.1) is 0 Å². The van der Waals surface area contributed by atoms with Gasteiger partial charge in [-0.3, -0.25) is 4.68 Å². The second-order valence-electron chi connectivity index (χ2n) is 4.15. The molecule has 0 atom stereocenters. The van der Waals surface area contributed by atoms with E-state index < -0.39 is 11.6 Å². The van der Waals surface area contributed by atoms with Crippen LogP contribution in [0.4, 0.5) is 14.6 Å². The first kappa shape index (κ1) is 11.8. The van der Waals surface area contributed by atoms with Crippen molar-refractivity contribution in [2.75, 3.05) is 18.9 Å². The largest absolute Gasteiger partial charge is 0.486 e. The summed E-state index contributed by atoms with van der Waals surface area (Å²) in [6, 6.07) is 2.43. The van der Waals surface area contributed by atoms with Crippen molar-refractivity contribution in [2.45, 2.75) is 0 Å². The van der Waals surface area contributed by atoms with Crippen LogP contribution in [-0.4, -0.2) is 23.0 Å². The molecule has 5 nitrogen and oxygen atoms in total. The van der Waals surface area contributed by atoms with E-state index in [0.717, 1.165) is 6.07 Å². The molecular weight excluding hydrogens is 256 g/mol. The summed E-state index contributed by atoms with van der Waals surface area (Å²) >= 11 is 0. The number of rotatable bonds is 1. The minimum absolute atomic E-state index is 0.0676. The number of ether oxygens (including phenoxy) is 2. The Hall–Kier alpha value is -2.31. The predicted molar refractivity (Wildman–Crippen MR) is 64.0 cm³/mol. The molecule has 0 aliphatic carbocycles. The second-order valence-corrected chi connectivity index (χ2v) is 4.15. The van der Waals surface area contributed by atoms with Crippen molar-refractivity contribution in [3.05, 3.63) is 23.8 Å². The van der Waals surface area contributed by atoms with Gasteiger partial charge in [0.25, 0.3) is 0 Å². The molecule has 0 saturated carbocycles. The van der Waals surface area contributed by atoms with Crippen LogP contribution in [0.2, 0.25) is 0 Å². The molecule has 0 fully saturated rings. The van der Waals surface area contributed by atoms with Gasteiger partial charge >= 0.3 is 0 Å². The smallest absolute Gasteiger partial charge is 0.173 e. The zero-order chi connectivity index (χ0) is 13.6. The van der Waals surface area contributed by atoms with E-state index in [9.17, 15) is 8.78 Å². The lowest BCUT2D eigenvalue weighted by atomic mass is 10.1. The molecule has 7 heteroatoms. The third-order valence-corrected chi connectivity index (χ3v) is 2.90. The summed E-state index contributed by atoms with van der Waals surface area (Å²) in [5, 5.41) is 4.04. The van der Waals surface area contributed by atoms with Crippen LogP contribution in [0.5, 0.6) is 11.5 Å². The van der Waals surface area contributed by atoms with Crippen molar-refractivity contribution in [3.63, 3.8) is 0 Å². The average molecular weight is 267 g/mol. The summed E-state index contributed by atoms with van der Waals surface area (Å²) < 4.78 is 39.6. The minimum Gasteiger partial charge on any atom is -0.486 e. The maximum absolute atomic E-state index is 14.0. The molecule has 1 aliphatic heterocycles. The number of halogens is 2. The molecular formula is C12H11F2N3O2. The van der Waals surface area contributed by atoms with Crippen LogP contribution in [0.3, 0.4) is 0 Å². The standard InChI is InChI=1S/C12H11F2N3O2/c1-17-9(15)5-7(16-17)10-11(14)6(13)4-8-12(10)19-3-2-18-8/h4-5H,2-3,15H2,1H3. The molecule has 0 saturated heterocycles. The predicted octanol–water partition coefficient (Wildman–Crippen LogP) is 1.72. The highest BCUT2D eigenvalue weighted by molar-refractivity contribution is 5.73. The highest BCUT2D eigenvalue weighted by Crippen LogP contribution is 2.42. The number of nitrogen functional groups attached to an aromatic ring is 1. The summed E-state index contributed by atoms with van der Waals surface area (Å²) in [4.78, 5) is 0. The zero-order valence-electron chi connectivity index (χ0n) is 10.1. The summed E-state index contributed by atoms with van der Waals surface area (Å²) in [7, 11) is 1.61. The lowest BCUT2D eigenvalue weighted by Gasteiger charge is -2.21. The number of nitrogens with two attached hydrogens (primary N) is 1. The molecule has 3 rings (SSSR count). The number of hydrogen-bond acceptors (Lipinski definition) is 4. The third-order valence-electron chi connectivity index (χ3n) is 2.90. The van der Waals surface area contributed by atoms with E-state index in [4.69, 9.17) is 15.2 Å². The van der Waals surface area contributed by atoms with Crippen molar-refractivity contribution >= 4 is 5.82 Å². The molecule has 1 aromatic carbocycles. The molecule has 2 heterocycles. The van der Waals surface area contributed by atoms with Gasteiger partial charge in [0.15, 0.2) is 23.1 Å². The molecule has 19 heavy (non-hydrogen) atoms. The van der Waals surface area contributed by atoms with Gasteiger partial charge in [0.2, 0.25) is 0 Å². The fourth-order valence-electron chi connectivity index (χ4n) is 1.96. The molecule has 2 N–H and O–H groups in total. The molecule has 0 bridgehead atoms. The number of benzene rings is 1. The van der Waals surface area contributed by atoms with Gasteiger partial charge in [0.05, 0.1) is 5.56 Å². The van der Waals surface area contributed by atoms with Crippen molar-refractivity contribution < 1.29 is 18.3 Å². The Morgan fingerprint density at radius 2 is 2.00 bits per heavy atom. The number of hydrogen-bond donors (Lipinski definition) is 1. The number of anilines is 1. The number of aromatic nitrogens is 2. The van der Waals surface area contributed by atoms with E-state index in [2.05, 4.69) is 5.10 Å². The Morgan fingerprint density at radius 1 is 1.26 bits per heavy atom. The normalized spacial score (nSPS) is 13.6. The highest BCUT2D eigenvalue weighted by Gasteiger charge is 2.26. The third kappa shape index (κ3) is 1.78. The van der Waals surface area contributed by atoms with Crippen molar-refractivity contribution in [1.29, 1.82) is 0 Å². The maximum atomic E-state index is 14.0. The van der Waals surface area contributed by atoms with Crippen molar-refractivity contribution in [1.82, 2.24) is 9.78 Å². The van der Waals surface area contributed by atoms with E-state index in [1.807, 2.05) is 0 Å². The fraction of sp³-hybridized carbons (Fsp3) is 0.250. The van der Waals surface area contributed by atoms with Crippen LogP contribution >= 0.6 is 0 Å². The fourth-order valence-corrected chi connectivity index (χ4v) is 1.96. The van der Waals surface area contributed by atoms with Crippen molar-refractivity contribution in [3.8, 4) is 22.8 Å². The molecule has 0 spiro atoms. The summed E-state index contributed by atoms with van der Waals surface area (Å²) in [5.74, 6) is -1.37. The molecule has 0 radical (unpaired) electrons. The Bertz CT molecular complexity index is 635. The van der Waals surface area contributed by atoms with Crippen LogP contribution in [0.25, 0.3) is 11.3 Å². The average Bonchev–Trinajstić information content (AvgIpc) is 2.71. The minimum atomic E-state index is -1.03. The van der Waals surface area contributed by atoms with Gasteiger partial charge in [0.1, 0.15) is 24.7 Å².